The second-order valence-electron chi connectivity index (χ2n) is 6.02. The first-order valence-electron chi connectivity index (χ1n) is 8.37. The number of rotatable bonds is 5. The largest absolute Gasteiger partial charge is 0.497 e. The lowest BCUT2D eigenvalue weighted by Crippen LogP contribution is -2.35. The maximum atomic E-state index is 12.5. The van der Waals surface area contributed by atoms with Crippen LogP contribution in [0.2, 0.25) is 0 Å². The molecule has 0 saturated carbocycles. The number of likely N-dealkylation sites (tertiary alicyclic amines) is 1. The van der Waals surface area contributed by atoms with E-state index in [1.807, 2.05) is 35.2 Å². The number of carbonyl (C=O) groups is 1. The maximum absolute atomic E-state index is 12.5. The minimum absolute atomic E-state index is 0.0790. The number of nitrogens with zero attached hydrogens (tertiary/aromatic N) is 2. The number of ether oxygens (including phenoxy) is 1. The highest BCUT2D eigenvalue weighted by Gasteiger charge is 2.18. The first-order valence-corrected chi connectivity index (χ1v) is 8.37. The first-order chi connectivity index (χ1) is 11.8. The Kier molecular flexibility index (Phi) is 5.31. The zero-order chi connectivity index (χ0) is 16.8. The number of methoxy groups -OCH3 is 1. The quantitative estimate of drug-likeness (QED) is 0.916. The molecule has 0 spiro atoms. The van der Waals surface area contributed by atoms with Gasteiger partial charge in [-0.05, 0) is 43.0 Å². The van der Waals surface area contributed by atoms with Crippen molar-refractivity contribution in [2.75, 3.05) is 25.5 Å². The van der Waals surface area contributed by atoms with Crippen LogP contribution in [0.3, 0.4) is 0 Å². The molecule has 3 rings (SSSR count). The number of benzene rings is 1. The molecule has 1 aromatic carbocycles. The van der Waals surface area contributed by atoms with Gasteiger partial charge in [0, 0.05) is 32.0 Å². The lowest BCUT2D eigenvalue weighted by molar-refractivity contribution is 0.0724. The molecule has 5 nitrogen and oxygen atoms in total. The van der Waals surface area contributed by atoms with Gasteiger partial charge in [-0.25, -0.2) is 0 Å². The highest BCUT2D eigenvalue weighted by atomic mass is 16.5. The Morgan fingerprint density at radius 1 is 1.17 bits per heavy atom. The summed E-state index contributed by atoms with van der Waals surface area (Å²) in [5, 5.41) is 3.32. The third-order valence-corrected chi connectivity index (χ3v) is 4.28. The summed E-state index contributed by atoms with van der Waals surface area (Å²) in [6, 6.07) is 9.79. The molecule has 0 aliphatic carbocycles. The molecule has 0 radical (unpaired) electrons. The molecule has 2 heterocycles. The van der Waals surface area contributed by atoms with Gasteiger partial charge < -0.3 is 15.0 Å². The van der Waals surface area contributed by atoms with Gasteiger partial charge in [-0.15, -0.1) is 0 Å². The summed E-state index contributed by atoms with van der Waals surface area (Å²) in [6.07, 6.45) is 6.79. The predicted molar refractivity (Wildman–Crippen MR) is 94.3 cm³/mol. The van der Waals surface area contributed by atoms with Gasteiger partial charge in [0.2, 0.25) is 0 Å². The van der Waals surface area contributed by atoms with Crippen LogP contribution >= 0.6 is 0 Å². The van der Waals surface area contributed by atoms with E-state index in [1.165, 1.54) is 6.42 Å². The van der Waals surface area contributed by atoms with Crippen LogP contribution in [0.1, 0.15) is 35.2 Å². The van der Waals surface area contributed by atoms with Crippen LogP contribution in [0, 0.1) is 0 Å². The molecular formula is C19H23N3O2. The summed E-state index contributed by atoms with van der Waals surface area (Å²) in [4.78, 5) is 18.7. The van der Waals surface area contributed by atoms with E-state index in [0.717, 1.165) is 42.9 Å². The van der Waals surface area contributed by atoms with Crippen LogP contribution in [0.15, 0.2) is 42.7 Å². The Bertz CT molecular complexity index is 679. The van der Waals surface area contributed by atoms with E-state index < -0.39 is 0 Å². The van der Waals surface area contributed by atoms with Crippen molar-refractivity contribution in [2.24, 2.45) is 0 Å². The van der Waals surface area contributed by atoms with E-state index in [0.29, 0.717) is 12.1 Å². The van der Waals surface area contributed by atoms with Crippen molar-refractivity contribution in [3.8, 4) is 5.75 Å². The number of hydrogen-bond acceptors (Lipinski definition) is 4. The van der Waals surface area contributed by atoms with E-state index >= 15 is 0 Å². The lowest BCUT2D eigenvalue weighted by atomic mass is 10.1. The van der Waals surface area contributed by atoms with Crippen LogP contribution < -0.4 is 10.1 Å². The lowest BCUT2D eigenvalue weighted by Gasteiger charge is -2.26. The van der Waals surface area contributed by atoms with Gasteiger partial charge in [-0.1, -0.05) is 12.1 Å². The van der Waals surface area contributed by atoms with Crippen molar-refractivity contribution < 1.29 is 9.53 Å². The summed E-state index contributed by atoms with van der Waals surface area (Å²) in [5.41, 5.74) is 2.65. The van der Waals surface area contributed by atoms with Crippen LogP contribution in [0.5, 0.6) is 5.75 Å². The van der Waals surface area contributed by atoms with Crippen molar-refractivity contribution in [3.05, 3.63) is 53.9 Å². The van der Waals surface area contributed by atoms with Crippen molar-refractivity contribution in [3.63, 3.8) is 0 Å². The van der Waals surface area contributed by atoms with Crippen LogP contribution in [0.4, 0.5) is 5.69 Å². The topological polar surface area (TPSA) is 54.5 Å². The van der Waals surface area contributed by atoms with E-state index in [9.17, 15) is 4.79 Å². The van der Waals surface area contributed by atoms with Gasteiger partial charge in [0.05, 0.1) is 18.4 Å². The minimum Gasteiger partial charge on any atom is -0.497 e. The van der Waals surface area contributed by atoms with Gasteiger partial charge in [0.25, 0.3) is 5.91 Å². The summed E-state index contributed by atoms with van der Waals surface area (Å²) < 4.78 is 5.16. The van der Waals surface area contributed by atoms with Crippen LogP contribution in [-0.2, 0) is 6.54 Å². The standard InChI is InChI=1S/C19H23N3O2/c1-24-18-7-5-15(6-8-18)12-21-17-11-16(13-20-14-17)19(23)22-9-3-2-4-10-22/h5-8,11,13-14,21H,2-4,9-10,12H2,1H3. The number of hydrogen-bond donors (Lipinski definition) is 1. The van der Waals surface area contributed by atoms with Gasteiger partial charge in [0.15, 0.2) is 0 Å². The molecule has 1 amide bonds. The fraction of sp³-hybridized carbons (Fsp3) is 0.368. The number of anilines is 1. The second-order valence-corrected chi connectivity index (χ2v) is 6.02. The predicted octanol–water partition coefficient (Wildman–Crippen LogP) is 3.33. The van der Waals surface area contributed by atoms with E-state index in [-0.39, 0.29) is 5.91 Å². The third kappa shape index (κ3) is 4.04. The zero-order valence-electron chi connectivity index (χ0n) is 14.0. The normalized spacial score (nSPS) is 14.3. The molecule has 1 saturated heterocycles. The van der Waals surface area contributed by atoms with E-state index in [4.69, 9.17) is 4.74 Å². The number of piperidine rings is 1. The molecule has 5 heteroatoms. The van der Waals surface area contributed by atoms with Crippen molar-refractivity contribution >= 4 is 11.6 Å². The maximum Gasteiger partial charge on any atom is 0.255 e. The Labute approximate surface area is 142 Å². The monoisotopic (exact) mass is 325 g/mol. The van der Waals surface area contributed by atoms with Gasteiger partial charge in [-0.3, -0.25) is 9.78 Å². The molecule has 0 bridgehead atoms. The molecule has 1 aliphatic heterocycles. The van der Waals surface area contributed by atoms with Crippen LogP contribution in [0.25, 0.3) is 0 Å². The molecule has 1 N–H and O–H groups in total. The highest BCUT2D eigenvalue weighted by Crippen LogP contribution is 2.17. The number of carbonyl (C=O) groups excluding carboxylic acids is 1. The Hall–Kier alpha value is -2.56. The SMILES string of the molecule is COc1ccc(CNc2cncc(C(=O)N3CCCCC3)c2)cc1. The van der Waals surface area contributed by atoms with Crippen molar-refractivity contribution in [1.29, 1.82) is 0 Å². The molecule has 24 heavy (non-hydrogen) atoms. The molecule has 1 fully saturated rings. The number of aromatic nitrogens is 1. The number of nitrogens with one attached hydrogen (secondary N) is 1. The van der Waals surface area contributed by atoms with Crippen molar-refractivity contribution in [2.45, 2.75) is 25.8 Å². The third-order valence-electron chi connectivity index (χ3n) is 4.28. The smallest absolute Gasteiger partial charge is 0.255 e. The highest BCUT2D eigenvalue weighted by molar-refractivity contribution is 5.94. The fourth-order valence-corrected chi connectivity index (χ4v) is 2.88. The van der Waals surface area contributed by atoms with Crippen molar-refractivity contribution in [1.82, 2.24) is 9.88 Å². The summed E-state index contributed by atoms with van der Waals surface area (Å²) in [7, 11) is 1.66. The Morgan fingerprint density at radius 2 is 1.92 bits per heavy atom. The van der Waals surface area contributed by atoms with Gasteiger partial charge >= 0.3 is 0 Å². The average molecular weight is 325 g/mol. The first kappa shape index (κ1) is 16.3. The zero-order valence-corrected chi connectivity index (χ0v) is 14.0. The molecular weight excluding hydrogens is 302 g/mol. The molecule has 2 aromatic rings. The Balaban J connectivity index is 1.62. The molecule has 1 aliphatic rings. The van der Waals surface area contributed by atoms with Gasteiger partial charge in [-0.2, -0.15) is 0 Å². The number of amides is 1. The van der Waals surface area contributed by atoms with Crippen LogP contribution in [-0.4, -0.2) is 36.0 Å². The Morgan fingerprint density at radius 3 is 2.62 bits per heavy atom. The molecule has 0 atom stereocenters. The second kappa shape index (κ2) is 7.81. The summed E-state index contributed by atoms with van der Waals surface area (Å²) in [5.74, 6) is 0.921. The molecule has 126 valence electrons. The van der Waals surface area contributed by atoms with E-state index in [1.54, 1.807) is 19.5 Å². The average Bonchev–Trinajstić information content (AvgIpc) is 2.67. The fourth-order valence-electron chi connectivity index (χ4n) is 2.88. The molecule has 0 unspecified atom stereocenters. The minimum atomic E-state index is 0.0790. The summed E-state index contributed by atoms with van der Waals surface area (Å²) >= 11 is 0. The summed E-state index contributed by atoms with van der Waals surface area (Å²) in [6.45, 7) is 2.37. The van der Waals surface area contributed by atoms with E-state index in [2.05, 4.69) is 10.3 Å². The molecule has 1 aromatic heterocycles. The van der Waals surface area contributed by atoms with Gasteiger partial charge in [0.1, 0.15) is 5.75 Å². The number of pyridine rings is 1.